The van der Waals surface area contributed by atoms with E-state index in [0.29, 0.717) is 30.1 Å². The fourth-order valence-electron chi connectivity index (χ4n) is 8.22. The topological polar surface area (TPSA) is 104 Å². The molecule has 6 nitrogen and oxygen atoms in total. The summed E-state index contributed by atoms with van der Waals surface area (Å²) in [6, 6.07) is 0. The average molecular weight is 418 g/mol. The van der Waals surface area contributed by atoms with Crippen molar-refractivity contribution in [2.45, 2.75) is 96.4 Å². The Morgan fingerprint density at radius 2 is 1.68 bits per heavy atom. The summed E-state index contributed by atoms with van der Waals surface area (Å²) in [5, 5.41) is 21.7. The van der Waals surface area contributed by atoms with Crippen molar-refractivity contribution >= 4 is 10.4 Å². The van der Waals surface area contributed by atoms with Gasteiger partial charge < -0.3 is 10.2 Å². The lowest BCUT2D eigenvalue weighted by molar-refractivity contribution is -0.182. The molecule has 0 amide bonds. The summed E-state index contributed by atoms with van der Waals surface area (Å²) in [7, 11) is -4.60. The Hall–Kier alpha value is -0.210. The molecule has 4 saturated carbocycles. The van der Waals surface area contributed by atoms with Crippen molar-refractivity contribution in [1.29, 1.82) is 0 Å². The summed E-state index contributed by atoms with van der Waals surface area (Å²) in [6.07, 6.45) is 7.29. The molecule has 4 fully saturated rings. The van der Waals surface area contributed by atoms with Crippen LogP contribution in [0.2, 0.25) is 0 Å². The minimum Gasteiger partial charge on any atom is -0.393 e. The zero-order chi connectivity index (χ0) is 20.5. The van der Waals surface area contributed by atoms with E-state index < -0.39 is 27.5 Å². The molecule has 0 aromatic rings. The van der Waals surface area contributed by atoms with E-state index in [2.05, 4.69) is 13.8 Å². The third-order valence-corrected chi connectivity index (χ3v) is 10.3. The van der Waals surface area contributed by atoms with E-state index in [1.165, 1.54) is 0 Å². The summed E-state index contributed by atoms with van der Waals surface area (Å²) in [5.74, 6) is 2.07. The Morgan fingerprint density at radius 1 is 1.00 bits per heavy atom. The fraction of sp³-hybridized carbons (Fsp3) is 1.00. The molecule has 0 aromatic heterocycles. The summed E-state index contributed by atoms with van der Waals surface area (Å²) >= 11 is 0. The monoisotopic (exact) mass is 417 g/mol. The largest absolute Gasteiger partial charge is 0.397 e. The zero-order valence-electron chi connectivity index (χ0n) is 17.3. The van der Waals surface area contributed by atoms with E-state index in [1.807, 2.05) is 0 Å². The van der Waals surface area contributed by atoms with Crippen molar-refractivity contribution in [2.24, 2.45) is 34.5 Å². The summed E-state index contributed by atoms with van der Waals surface area (Å²) in [5.41, 5.74) is -1.39. The molecular formula is C21H36O6S. The first-order valence-electron chi connectivity index (χ1n) is 11.0. The van der Waals surface area contributed by atoms with Gasteiger partial charge in [0.15, 0.2) is 0 Å². The second-order valence-electron chi connectivity index (χ2n) is 10.7. The first-order chi connectivity index (χ1) is 12.9. The predicted octanol–water partition coefficient (Wildman–Crippen LogP) is 3.33. The van der Waals surface area contributed by atoms with Crippen LogP contribution in [-0.2, 0) is 14.6 Å². The summed E-state index contributed by atoms with van der Waals surface area (Å²) < 4.78 is 36.5. The molecule has 4 aliphatic carbocycles. The Morgan fingerprint density at radius 3 is 2.36 bits per heavy atom. The number of hydrogen-bond acceptors (Lipinski definition) is 5. The third-order valence-electron chi connectivity index (χ3n) is 9.79. The third kappa shape index (κ3) is 2.99. The molecule has 0 aromatic carbocycles. The molecule has 0 unspecified atom stereocenters. The van der Waals surface area contributed by atoms with Gasteiger partial charge in [0, 0.05) is 5.41 Å². The van der Waals surface area contributed by atoms with Gasteiger partial charge in [0.05, 0.1) is 11.7 Å². The van der Waals surface area contributed by atoms with Crippen LogP contribution in [0.25, 0.3) is 0 Å². The maximum absolute atomic E-state index is 11.6. The van der Waals surface area contributed by atoms with Crippen LogP contribution in [0.4, 0.5) is 0 Å². The second kappa shape index (κ2) is 6.64. The van der Waals surface area contributed by atoms with Crippen LogP contribution in [0, 0.1) is 34.5 Å². The van der Waals surface area contributed by atoms with Crippen LogP contribution in [-0.4, -0.2) is 41.0 Å². The highest BCUT2D eigenvalue weighted by molar-refractivity contribution is 7.80. The quantitative estimate of drug-likeness (QED) is 0.481. The first-order valence-corrected chi connectivity index (χ1v) is 12.3. The normalized spacial score (nSPS) is 52.4. The van der Waals surface area contributed by atoms with Crippen LogP contribution >= 0.6 is 0 Å². The fourth-order valence-corrected chi connectivity index (χ4v) is 8.74. The molecule has 0 saturated heterocycles. The van der Waals surface area contributed by atoms with Gasteiger partial charge in [0.25, 0.3) is 0 Å². The molecule has 0 spiro atoms. The molecular weight excluding hydrogens is 381 g/mol. The average Bonchev–Trinajstić information content (AvgIpc) is 2.87. The van der Waals surface area contributed by atoms with Crippen molar-refractivity contribution in [1.82, 2.24) is 0 Å². The van der Waals surface area contributed by atoms with E-state index in [1.54, 1.807) is 6.92 Å². The number of fused-ring (bicyclic) bond motifs is 5. The highest BCUT2D eigenvalue weighted by atomic mass is 32.3. The van der Waals surface area contributed by atoms with Gasteiger partial charge in [0.1, 0.15) is 6.10 Å². The standard InChI is InChI=1S/C21H36O6S/c1-13(27-28(24,25)26)21(23)11-8-18-16-5-4-14-12-15(22)6-9-19(14,2)17(16)7-10-20(18,21)3/h13-18,22-23H,4-12H2,1-3H3,(H,24,25,26)/t13-,14+,15+,16+,17-,18-,19-,20-,21-/m0/s1/i13+1. The molecule has 7 heteroatoms. The Labute approximate surface area is 169 Å². The smallest absolute Gasteiger partial charge is 0.393 e. The number of aliphatic hydroxyl groups is 2. The lowest BCUT2D eigenvalue weighted by Gasteiger charge is -2.62. The van der Waals surface area contributed by atoms with Crippen LogP contribution < -0.4 is 0 Å². The van der Waals surface area contributed by atoms with Gasteiger partial charge >= 0.3 is 10.4 Å². The molecule has 0 aliphatic heterocycles. The molecule has 0 radical (unpaired) electrons. The van der Waals surface area contributed by atoms with E-state index in [4.69, 9.17) is 8.74 Å². The van der Waals surface area contributed by atoms with Crippen LogP contribution in [0.5, 0.6) is 0 Å². The molecule has 4 aliphatic rings. The van der Waals surface area contributed by atoms with Gasteiger partial charge in [-0.2, -0.15) is 8.42 Å². The Balaban J connectivity index is 1.60. The number of rotatable bonds is 3. The maximum Gasteiger partial charge on any atom is 0.397 e. The highest BCUT2D eigenvalue weighted by Crippen LogP contribution is 2.68. The van der Waals surface area contributed by atoms with E-state index in [0.717, 1.165) is 51.4 Å². The molecule has 3 N–H and O–H groups in total. The minimum absolute atomic E-state index is 0.154. The lowest BCUT2D eigenvalue weighted by atomic mass is 9.44. The van der Waals surface area contributed by atoms with Crippen molar-refractivity contribution < 1.29 is 27.4 Å². The molecule has 0 heterocycles. The lowest BCUT2D eigenvalue weighted by Crippen LogP contribution is -2.59. The van der Waals surface area contributed by atoms with E-state index in [-0.39, 0.29) is 11.5 Å². The summed E-state index contributed by atoms with van der Waals surface area (Å²) in [4.78, 5) is 0. The number of aliphatic hydroxyl groups excluding tert-OH is 1. The molecule has 0 bridgehead atoms. The van der Waals surface area contributed by atoms with Crippen LogP contribution in [0.15, 0.2) is 0 Å². The van der Waals surface area contributed by atoms with Gasteiger partial charge in [-0.1, -0.05) is 13.8 Å². The van der Waals surface area contributed by atoms with Gasteiger partial charge in [-0.05, 0) is 93.8 Å². The molecule has 4 rings (SSSR count). The zero-order valence-corrected chi connectivity index (χ0v) is 18.1. The van der Waals surface area contributed by atoms with Gasteiger partial charge in [-0.25, -0.2) is 4.18 Å². The Kier molecular flexibility index (Phi) is 4.99. The van der Waals surface area contributed by atoms with Crippen molar-refractivity contribution in [2.75, 3.05) is 0 Å². The van der Waals surface area contributed by atoms with Crippen molar-refractivity contribution in [3.8, 4) is 0 Å². The predicted molar refractivity (Wildman–Crippen MR) is 105 cm³/mol. The molecule has 162 valence electrons. The van der Waals surface area contributed by atoms with Crippen molar-refractivity contribution in [3.05, 3.63) is 0 Å². The van der Waals surface area contributed by atoms with Crippen molar-refractivity contribution in [3.63, 3.8) is 0 Å². The SMILES string of the molecule is C[13C@H](OS(=O)(=O)O)[C@@]1(O)CC[C@H]2[C@@H]3CC[C@@H]4C[C@H](O)CC[C@]4(C)[C@H]3CC[C@@]21C. The molecule has 28 heavy (non-hydrogen) atoms. The van der Waals surface area contributed by atoms with Crippen LogP contribution in [0.3, 0.4) is 0 Å². The summed E-state index contributed by atoms with van der Waals surface area (Å²) in [6.45, 7) is 6.09. The maximum atomic E-state index is 11.6. The molecule has 9 atom stereocenters. The Bertz CT molecular complexity index is 724. The highest BCUT2D eigenvalue weighted by Gasteiger charge is 2.66. The first kappa shape index (κ1) is 21.0. The van der Waals surface area contributed by atoms with E-state index >= 15 is 0 Å². The number of hydrogen-bond donors (Lipinski definition) is 3. The van der Waals surface area contributed by atoms with E-state index in [9.17, 15) is 18.6 Å². The minimum atomic E-state index is -4.60. The van der Waals surface area contributed by atoms with Crippen LogP contribution in [0.1, 0.15) is 78.6 Å². The second-order valence-corrected chi connectivity index (χ2v) is 11.7. The van der Waals surface area contributed by atoms with Gasteiger partial charge in [-0.15, -0.1) is 0 Å². The van der Waals surface area contributed by atoms with Gasteiger partial charge in [0.2, 0.25) is 0 Å². The van der Waals surface area contributed by atoms with Gasteiger partial charge in [-0.3, -0.25) is 4.55 Å².